The number of carbonyl (C=O) groups is 2. The molecule has 0 aromatic heterocycles. The van der Waals surface area contributed by atoms with Crippen LogP contribution in [0.3, 0.4) is 0 Å². The monoisotopic (exact) mass is 232 g/mol. The predicted molar refractivity (Wildman–Crippen MR) is 64.0 cm³/mol. The molecule has 1 aliphatic rings. The number of rotatable bonds is 5. The molecule has 0 spiro atoms. The van der Waals surface area contributed by atoms with Crippen molar-refractivity contribution in [3.05, 3.63) is 35.4 Å². The van der Waals surface area contributed by atoms with Crippen LogP contribution >= 0.6 is 0 Å². The van der Waals surface area contributed by atoms with Gasteiger partial charge in [0, 0.05) is 11.5 Å². The maximum absolute atomic E-state index is 11.9. The maximum atomic E-state index is 11.9. The van der Waals surface area contributed by atoms with Crippen LogP contribution in [0.5, 0.6) is 0 Å². The Labute approximate surface area is 100 Å². The fourth-order valence-electron chi connectivity index (χ4n) is 2.10. The molecule has 1 aliphatic carbocycles. The van der Waals surface area contributed by atoms with E-state index in [-0.39, 0.29) is 11.7 Å². The SMILES string of the molecule is CCCc1ccc(C(=O)[C@@H]2C[C@H]2C(=O)O)cc1. The Morgan fingerprint density at radius 2 is 1.88 bits per heavy atom. The van der Waals surface area contributed by atoms with E-state index in [1.54, 1.807) is 0 Å². The Morgan fingerprint density at radius 3 is 2.35 bits per heavy atom. The van der Waals surface area contributed by atoms with Gasteiger partial charge in [-0.25, -0.2) is 0 Å². The van der Waals surface area contributed by atoms with Gasteiger partial charge in [0.15, 0.2) is 5.78 Å². The number of carbonyl (C=O) groups excluding carboxylic acids is 1. The van der Waals surface area contributed by atoms with Gasteiger partial charge in [-0.2, -0.15) is 0 Å². The van der Waals surface area contributed by atoms with Gasteiger partial charge in [0.2, 0.25) is 0 Å². The highest BCUT2D eigenvalue weighted by molar-refractivity contribution is 6.02. The van der Waals surface area contributed by atoms with E-state index in [1.807, 2.05) is 24.3 Å². The quantitative estimate of drug-likeness (QED) is 0.794. The maximum Gasteiger partial charge on any atom is 0.307 e. The Bertz CT molecular complexity index is 433. The number of hydrogen-bond donors (Lipinski definition) is 1. The molecule has 1 N–H and O–H groups in total. The van der Waals surface area contributed by atoms with Gasteiger partial charge >= 0.3 is 5.97 Å². The second-order valence-electron chi connectivity index (χ2n) is 4.60. The lowest BCUT2D eigenvalue weighted by atomic mass is 10.0. The highest BCUT2D eigenvalue weighted by Gasteiger charge is 2.48. The van der Waals surface area contributed by atoms with Crippen molar-refractivity contribution in [2.24, 2.45) is 11.8 Å². The fourth-order valence-corrected chi connectivity index (χ4v) is 2.10. The summed E-state index contributed by atoms with van der Waals surface area (Å²) >= 11 is 0. The summed E-state index contributed by atoms with van der Waals surface area (Å²) in [6, 6.07) is 7.53. The predicted octanol–water partition coefficient (Wildman–Crippen LogP) is 2.54. The van der Waals surface area contributed by atoms with Crippen molar-refractivity contribution >= 4 is 11.8 Å². The first-order valence-corrected chi connectivity index (χ1v) is 5.99. The summed E-state index contributed by atoms with van der Waals surface area (Å²) in [7, 11) is 0. The number of aliphatic carboxylic acids is 1. The van der Waals surface area contributed by atoms with E-state index < -0.39 is 11.9 Å². The third kappa shape index (κ3) is 2.54. The normalized spacial score (nSPS) is 22.2. The summed E-state index contributed by atoms with van der Waals surface area (Å²) < 4.78 is 0. The molecule has 0 aliphatic heterocycles. The lowest BCUT2D eigenvalue weighted by Crippen LogP contribution is -2.08. The molecule has 3 heteroatoms. The molecule has 0 heterocycles. The van der Waals surface area contributed by atoms with Crippen LogP contribution in [-0.2, 0) is 11.2 Å². The topological polar surface area (TPSA) is 54.4 Å². The van der Waals surface area contributed by atoms with Crippen molar-refractivity contribution in [3.63, 3.8) is 0 Å². The van der Waals surface area contributed by atoms with Gasteiger partial charge in [0.05, 0.1) is 5.92 Å². The van der Waals surface area contributed by atoms with Gasteiger partial charge in [0.1, 0.15) is 0 Å². The largest absolute Gasteiger partial charge is 0.481 e. The number of Topliss-reactive ketones (excluding diaryl/α,β-unsaturated/α-hetero) is 1. The zero-order valence-electron chi connectivity index (χ0n) is 9.85. The lowest BCUT2D eigenvalue weighted by Gasteiger charge is -2.02. The van der Waals surface area contributed by atoms with E-state index in [0.29, 0.717) is 12.0 Å². The number of carboxylic acids is 1. The zero-order chi connectivity index (χ0) is 12.4. The molecule has 0 saturated heterocycles. The van der Waals surface area contributed by atoms with Crippen molar-refractivity contribution < 1.29 is 14.7 Å². The van der Waals surface area contributed by atoms with Crippen LogP contribution in [0, 0.1) is 11.8 Å². The van der Waals surface area contributed by atoms with Gasteiger partial charge in [-0.05, 0) is 18.4 Å². The fraction of sp³-hybridized carbons (Fsp3) is 0.429. The summed E-state index contributed by atoms with van der Waals surface area (Å²) in [5, 5.41) is 8.78. The number of benzene rings is 1. The summed E-state index contributed by atoms with van der Waals surface area (Å²) in [5.74, 6) is -1.64. The minimum Gasteiger partial charge on any atom is -0.481 e. The zero-order valence-corrected chi connectivity index (χ0v) is 9.85. The summed E-state index contributed by atoms with van der Waals surface area (Å²) in [5.41, 5.74) is 1.85. The second kappa shape index (κ2) is 4.70. The van der Waals surface area contributed by atoms with E-state index in [9.17, 15) is 9.59 Å². The molecular weight excluding hydrogens is 216 g/mol. The Kier molecular flexibility index (Phi) is 3.27. The van der Waals surface area contributed by atoms with Crippen LogP contribution in [0.15, 0.2) is 24.3 Å². The minimum atomic E-state index is -0.856. The first kappa shape index (κ1) is 11.8. The van der Waals surface area contributed by atoms with Crippen LogP contribution in [0.25, 0.3) is 0 Å². The smallest absolute Gasteiger partial charge is 0.307 e. The van der Waals surface area contributed by atoms with Crippen molar-refractivity contribution in [2.75, 3.05) is 0 Å². The van der Waals surface area contributed by atoms with Crippen molar-refractivity contribution in [3.8, 4) is 0 Å². The molecule has 3 nitrogen and oxygen atoms in total. The van der Waals surface area contributed by atoms with Gasteiger partial charge in [-0.1, -0.05) is 37.6 Å². The molecule has 1 aromatic carbocycles. The Hall–Kier alpha value is -1.64. The van der Waals surface area contributed by atoms with Crippen molar-refractivity contribution in [2.45, 2.75) is 26.2 Å². The molecular formula is C14H16O3. The highest BCUT2D eigenvalue weighted by Crippen LogP contribution is 2.41. The number of hydrogen-bond acceptors (Lipinski definition) is 2. The van der Waals surface area contributed by atoms with Crippen LogP contribution in [0.2, 0.25) is 0 Å². The standard InChI is InChI=1S/C14H16O3/c1-2-3-9-4-6-10(7-5-9)13(15)11-8-12(11)14(16)17/h4-7,11-12H,2-3,8H2,1H3,(H,16,17)/t11-,12-/m1/s1. The van der Waals surface area contributed by atoms with Crippen LogP contribution in [-0.4, -0.2) is 16.9 Å². The molecule has 1 saturated carbocycles. The minimum absolute atomic E-state index is 0.0274. The van der Waals surface area contributed by atoms with Crippen LogP contribution in [0.1, 0.15) is 35.7 Å². The molecule has 17 heavy (non-hydrogen) atoms. The number of ketones is 1. The molecule has 2 atom stereocenters. The average Bonchev–Trinajstić information content (AvgIpc) is 3.09. The lowest BCUT2D eigenvalue weighted by molar-refractivity contribution is -0.138. The number of aryl methyl sites for hydroxylation is 1. The van der Waals surface area contributed by atoms with Gasteiger partial charge in [0.25, 0.3) is 0 Å². The van der Waals surface area contributed by atoms with Crippen LogP contribution in [0.4, 0.5) is 0 Å². The first-order chi connectivity index (χ1) is 8.13. The van der Waals surface area contributed by atoms with Crippen LogP contribution < -0.4 is 0 Å². The third-order valence-corrected chi connectivity index (χ3v) is 3.22. The Balaban J connectivity index is 2.03. The summed E-state index contributed by atoms with van der Waals surface area (Å²) in [6.07, 6.45) is 2.58. The third-order valence-electron chi connectivity index (χ3n) is 3.22. The molecule has 0 radical (unpaired) electrons. The Morgan fingerprint density at radius 1 is 1.24 bits per heavy atom. The molecule has 1 aromatic rings. The van der Waals surface area contributed by atoms with E-state index >= 15 is 0 Å². The van der Waals surface area contributed by atoms with E-state index in [1.165, 1.54) is 5.56 Å². The van der Waals surface area contributed by atoms with Gasteiger partial charge in [-0.15, -0.1) is 0 Å². The molecule has 90 valence electrons. The van der Waals surface area contributed by atoms with E-state index in [4.69, 9.17) is 5.11 Å². The van der Waals surface area contributed by atoms with E-state index in [2.05, 4.69) is 6.92 Å². The second-order valence-corrected chi connectivity index (χ2v) is 4.60. The van der Waals surface area contributed by atoms with Gasteiger partial charge < -0.3 is 5.11 Å². The molecule has 0 bridgehead atoms. The summed E-state index contributed by atoms with van der Waals surface area (Å²) in [6.45, 7) is 2.11. The summed E-state index contributed by atoms with van der Waals surface area (Å²) in [4.78, 5) is 22.6. The highest BCUT2D eigenvalue weighted by atomic mass is 16.4. The van der Waals surface area contributed by atoms with Crippen molar-refractivity contribution in [1.29, 1.82) is 0 Å². The average molecular weight is 232 g/mol. The molecule has 1 fully saturated rings. The number of carboxylic acid groups (broad SMARTS) is 1. The first-order valence-electron chi connectivity index (χ1n) is 5.99. The van der Waals surface area contributed by atoms with E-state index in [0.717, 1.165) is 12.8 Å². The van der Waals surface area contributed by atoms with Gasteiger partial charge in [-0.3, -0.25) is 9.59 Å². The molecule has 0 amide bonds. The molecule has 0 unspecified atom stereocenters. The van der Waals surface area contributed by atoms with Crippen molar-refractivity contribution in [1.82, 2.24) is 0 Å². The molecule has 2 rings (SSSR count).